The molecule has 5 aromatic heterocycles. The first-order valence-corrected chi connectivity index (χ1v) is 11.5. The maximum Gasteiger partial charge on any atom is 0.255 e. The monoisotopic (exact) mass is 479 g/mol. The normalized spacial score (nSPS) is 12.0. The van der Waals surface area contributed by atoms with Gasteiger partial charge in [0.15, 0.2) is 5.82 Å². The molecule has 0 unspecified atom stereocenters. The van der Waals surface area contributed by atoms with E-state index >= 15 is 0 Å². The number of fused-ring (bicyclic) bond motifs is 3. The van der Waals surface area contributed by atoms with Gasteiger partial charge >= 0.3 is 0 Å². The summed E-state index contributed by atoms with van der Waals surface area (Å²) in [7, 11) is 0. The molecule has 36 heavy (non-hydrogen) atoms. The van der Waals surface area contributed by atoms with Crippen LogP contribution in [0.4, 0.5) is 4.39 Å². The number of hydrogen-bond donors (Lipinski definition) is 2. The summed E-state index contributed by atoms with van der Waals surface area (Å²) in [5, 5.41) is 8.78. The van der Waals surface area contributed by atoms with E-state index in [0.717, 1.165) is 33.0 Å². The van der Waals surface area contributed by atoms with E-state index in [0.29, 0.717) is 22.6 Å². The van der Waals surface area contributed by atoms with Gasteiger partial charge in [-0.05, 0) is 55.8 Å². The van der Waals surface area contributed by atoms with Crippen LogP contribution in [0.2, 0.25) is 0 Å². The highest BCUT2D eigenvalue weighted by atomic mass is 19.1. The summed E-state index contributed by atoms with van der Waals surface area (Å²) < 4.78 is 15.5. The van der Waals surface area contributed by atoms with Gasteiger partial charge in [0.2, 0.25) is 0 Å². The van der Waals surface area contributed by atoms with Gasteiger partial charge in [-0.25, -0.2) is 18.9 Å². The first-order valence-electron chi connectivity index (χ1n) is 11.5. The molecule has 0 radical (unpaired) electrons. The quantitative estimate of drug-likeness (QED) is 0.364. The molecular formula is C27H22FN7O. The summed E-state index contributed by atoms with van der Waals surface area (Å²) in [6, 6.07) is 13.7. The molecule has 9 heteroatoms. The molecule has 0 spiro atoms. The highest BCUT2D eigenvalue weighted by molar-refractivity contribution is 6.02. The minimum atomic E-state index is -1.50. The molecular weight excluding hydrogens is 457 g/mol. The van der Waals surface area contributed by atoms with Gasteiger partial charge in [-0.3, -0.25) is 9.78 Å². The number of nitrogens with zero attached hydrogens (tertiary/aromatic N) is 5. The summed E-state index contributed by atoms with van der Waals surface area (Å²) in [6.07, 6.45) is 8.73. The summed E-state index contributed by atoms with van der Waals surface area (Å²) in [5.74, 6) is 0.244. The standard InChI is InChI=1S/C27H22FN7O/c1-27(2,28)15-32-26(36)21-14-33-35-9-7-16(11-23(21)35)19-12-31-25-20(19)13-30-24(34-25)18-5-6-22-17(10-18)4-3-8-29-22/h3-14H,15H2,1-2H3,(H,32,36)(H,30,31,34). The summed E-state index contributed by atoms with van der Waals surface area (Å²) in [4.78, 5) is 29.6. The second-order valence-corrected chi connectivity index (χ2v) is 9.27. The number of H-pyrrole nitrogens is 1. The van der Waals surface area contributed by atoms with Crippen LogP contribution in [0.3, 0.4) is 0 Å². The lowest BCUT2D eigenvalue weighted by Gasteiger charge is -2.14. The van der Waals surface area contributed by atoms with Crippen LogP contribution in [-0.2, 0) is 0 Å². The smallest absolute Gasteiger partial charge is 0.255 e. The van der Waals surface area contributed by atoms with Gasteiger partial charge < -0.3 is 10.3 Å². The van der Waals surface area contributed by atoms with E-state index in [4.69, 9.17) is 4.98 Å². The lowest BCUT2D eigenvalue weighted by atomic mass is 10.1. The Balaban J connectivity index is 1.35. The van der Waals surface area contributed by atoms with E-state index in [1.165, 1.54) is 20.0 Å². The molecule has 0 aliphatic rings. The van der Waals surface area contributed by atoms with Crippen LogP contribution in [0.5, 0.6) is 0 Å². The average molecular weight is 480 g/mol. The first kappa shape index (κ1) is 21.8. The summed E-state index contributed by atoms with van der Waals surface area (Å²) in [6.45, 7) is 2.76. The Morgan fingerprint density at radius 1 is 1.11 bits per heavy atom. The molecule has 2 N–H and O–H groups in total. The van der Waals surface area contributed by atoms with Gasteiger partial charge in [0.05, 0.1) is 29.3 Å². The SMILES string of the molecule is CC(C)(F)CNC(=O)c1cnn2ccc(-c3c[nH]c4nc(-c5ccc6ncccc6c5)ncc34)cc12. The van der Waals surface area contributed by atoms with Crippen LogP contribution in [0.15, 0.2) is 73.4 Å². The summed E-state index contributed by atoms with van der Waals surface area (Å²) >= 11 is 0. The van der Waals surface area contributed by atoms with Gasteiger partial charge in [0, 0.05) is 46.7 Å². The predicted octanol–water partition coefficient (Wildman–Crippen LogP) is 4.97. The van der Waals surface area contributed by atoms with Gasteiger partial charge in [-0.2, -0.15) is 5.10 Å². The number of rotatable bonds is 5. The number of halogens is 1. The Morgan fingerprint density at radius 3 is 2.86 bits per heavy atom. The van der Waals surface area contributed by atoms with E-state index in [9.17, 15) is 9.18 Å². The molecule has 0 saturated carbocycles. The molecule has 0 aliphatic heterocycles. The first-order chi connectivity index (χ1) is 17.4. The van der Waals surface area contributed by atoms with Gasteiger partial charge in [-0.1, -0.05) is 6.07 Å². The second-order valence-electron chi connectivity index (χ2n) is 9.27. The molecule has 6 aromatic rings. The lowest BCUT2D eigenvalue weighted by Crippen LogP contribution is -2.35. The molecule has 5 heterocycles. The van der Waals surface area contributed by atoms with Crippen molar-refractivity contribution >= 4 is 33.4 Å². The summed E-state index contributed by atoms with van der Waals surface area (Å²) in [5.41, 5.74) is 3.81. The fraction of sp³-hybridized carbons (Fsp3) is 0.148. The number of nitrogens with one attached hydrogen (secondary N) is 2. The zero-order valence-corrected chi connectivity index (χ0v) is 19.7. The number of carbonyl (C=O) groups is 1. The van der Waals surface area contributed by atoms with E-state index in [1.807, 2.05) is 48.7 Å². The maximum absolute atomic E-state index is 13.9. The van der Waals surface area contributed by atoms with Crippen LogP contribution in [0.1, 0.15) is 24.2 Å². The molecule has 1 amide bonds. The molecule has 8 nitrogen and oxygen atoms in total. The number of benzene rings is 1. The van der Waals surface area contributed by atoms with Crippen LogP contribution in [0, 0.1) is 0 Å². The van der Waals surface area contributed by atoms with Crippen LogP contribution < -0.4 is 5.32 Å². The van der Waals surface area contributed by atoms with Crippen molar-refractivity contribution in [2.24, 2.45) is 0 Å². The molecule has 0 fully saturated rings. The number of pyridine rings is 2. The van der Waals surface area contributed by atoms with Crippen molar-refractivity contribution < 1.29 is 9.18 Å². The van der Waals surface area contributed by atoms with Crippen molar-refractivity contribution in [2.75, 3.05) is 6.54 Å². The van der Waals surface area contributed by atoms with Crippen molar-refractivity contribution in [3.63, 3.8) is 0 Å². The number of hydrogen-bond acceptors (Lipinski definition) is 5. The number of alkyl halides is 1. The van der Waals surface area contributed by atoms with Crippen molar-refractivity contribution in [1.82, 2.24) is 34.9 Å². The average Bonchev–Trinajstić information content (AvgIpc) is 3.50. The van der Waals surface area contributed by atoms with E-state index < -0.39 is 5.67 Å². The third-order valence-electron chi connectivity index (χ3n) is 6.04. The fourth-order valence-electron chi connectivity index (χ4n) is 4.21. The number of carbonyl (C=O) groups excluding carboxylic acids is 1. The molecule has 1 aromatic carbocycles. The Hall–Kier alpha value is -4.66. The fourth-order valence-corrected chi connectivity index (χ4v) is 4.21. The van der Waals surface area contributed by atoms with Crippen molar-refractivity contribution in [3.8, 4) is 22.5 Å². The molecule has 0 bridgehead atoms. The minimum Gasteiger partial charge on any atom is -0.349 e. The Bertz CT molecular complexity index is 1760. The van der Waals surface area contributed by atoms with E-state index in [2.05, 4.69) is 25.4 Å². The molecule has 178 valence electrons. The largest absolute Gasteiger partial charge is 0.349 e. The topological polar surface area (TPSA) is 101 Å². The Labute approximate surface area is 205 Å². The molecule has 0 atom stereocenters. The van der Waals surface area contributed by atoms with E-state index in [-0.39, 0.29) is 12.5 Å². The number of amides is 1. The highest BCUT2D eigenvalue weighted by Crippen LogP contribution is 2.30. The third-order valence-corrected chi connectivity index (χ3v) is 6.04. The number of aromatic amines is 1. The van der Waals surface area contributed by atoms with Crippen LogP contribution in [-0.4, -0.2) is 47.7 Å². The molecule has 0 aliphatic carbocycles. The zero-order valence-electron chi connectivity index (χ0n) is 19.7. The van der Waals surface area contributed by atoms with Crippen molar-refractivity contribution in [1.29, 1.82) is 0 Å². The Morgan fingerprint density at radius 2 is 2.00 bits per heavy atom. The maximum atomic E-state index is 13.9. The number of aromatic nitrogens is 6. The zero-order chi connectivity index (χ0) is 24.9. The predicted molar refractivity (Wildman–Crippen MR) is 136 cm³/mol. The lowest BCUT2D eigenvalue weighted by molar-refractivity contribution is 0.0922. The van der Waals surface area contributed by atoms with Crippen molar-refractivity contribution in [2.45, 2.75) is 19.5 Å². The van der Waals surface area contributed by atoms with Gasteiger partial charge in [0.25, 0.3) is 5.91 Å². The van der Waals surface area contributed by atoms with Crippen molar-refractivity contribution in [3.05, 3.63) is 79.0 Å². The van der Waals surface area contributed by atoms with Gasteiger partial charge in [0.1, 0.15) is 11.3 Å². The van der Waals surface area contributed by atoms with E-state index in [1.54, 1.807) is 23.1 Å². The Kier molecular flexibility index (Phi) is 4.99. The minimum absolute atomic E-state index is 0.0846. The third kappa shape index (κ3) is 3.94. The van der Waals surface area contributed by atoms with Crippen LogP contribution in [0.25, 0.3) is 50.0 Å². The van der Waals surface area contributed by atoms with Crippen LogP contribution >= 0.6 is 0 Å². The molecule has 6 rings (SSSR count). The van der Waals surface area contributed by atoms with Gasteiger partial charge in [-0.15, -0.1) is 0 Å². The second kappa shape index (κ2) is 8.23. The highest BCUT2D eigenvalue weighted by Gasteiger charge is 2.20. The molecule has 0 saturated heterocycles.